The SMILES string of the molecule is Cc1[nH]nc(NC(=O)[C@H](N)Cc2ccccc2)c1C. The molecule has 0 aliphatic rings. The van der Waals surface area contributed by atoms with E-state index < -0.39 is 6.04 Å². The quantitative estimate of drug-likeness (QED) is 0.777. The highest BCUT2D eigenvalue weighted by molar-refractivity contribution is 5.94. The number of nitrogens with one attached hydrogen (secondary N) is 2. The lowest BCUT2D eigenvalue weighted by Crippen LogP contribution is -2.37. The summed E-state index contributed by atoms with van der Waals surface area (Å²) in [4.78, 5) is 12.0. The molecule has 19 heavy (non-hydrogen) atoms. The third-order valence-corrected chi connectivity index (χ3v) is 3.13. The highest BCUT2D eigenvalue weighted by Crippen LogP contribution is 2.14. The van der Waals surface area contributed by atoms with Crippen molar-refractivity contribution in [3.05, 3.63) is 47.2 Å². The molecule has 0 bridgehead atoms. The summed E-state index contributed by atoms with van der Waals surface area (Å²) in [5.41, 5.74) is 8.81. The molecule has 1 aromatic carbocycles. The van der Waals surface area contributed by atoms with Crippen molar-refractivity contribution >= 4 is 11.7 Å². The average Bonchev–Trinajstić information content (AvgIpc) is 2.72. The van der Waals surface area contributed by atoms with E-state index in [9.17, 15) is 4.79 Å². The summed E-state index contributed by atoms with van der Waals surface area (Å²) < 4.78 is 0. The summed E-state index contributed by atoms with van der Waals surface area (Å²) in [6.45, 7) is 3.80. The molecular formula is C14H18N4O. The Morgan fingerprint density at radius 1 is 1.37 bits per heavy atom. The number of aryl methyl sites for hydroxylation is 1. The van der Waals surface area contributed by atoms with E-state index >= 15 is 0 Å². The smallest absolute Gasteiger partial charge is 0.242 e. The lowest BCUT2D eigenvalue weighted by Gasteiger charge is -2.11. The van der Waals surface area contributed by atoms with Crippen LogP contribution in [0, 0.1) is 13.8 Å². The van der Waals surface area contributed by atoms with Crippen LogP contribution in [-0.2, 0) is 11.2 Å². The Labute approximate surface area is 112 Å². The van der Waals surface area contributed by atoms with Crippen LogP contribution < -0.4 is 11.1 Å². The fraction of sp³-hybridized carbons (Fsp3) is 0.286. The van der Waals surface area contributed by atoms with Gasteiger partial charge in [-0.3, -0.25) is 9.89 Å². The first-order valence-electron chi connectivity index (χ1n) is 6.20. The van der Waals surface area contributed by atoms with E-state index in [1.165, 1.54) is 0 Å². The number of carbonyl (C=O) groups excluding carboxylic acids is 1. The zero-order chi connectivity index (χ0) is 13.8. The first-order chi connectivity index (χ1) is 9.08. The van der Waals surface area contributed by atoms with E-state index in [4.69, 9.17) is 5.73 Å². The van der Waals surface area contributed by atoms with Gasteiger partial charge in [-0.2, -0.15) is 5.10 Å². The second-order valence-corrected chi connectivity index (χ2v) is 4.61. The van der Waals surface area contributed by atoms with Crippen molar-refractivity contribution in [2.24, 2.45) is 5.73 Å². The van der Waals surface area contributed by atoms with E-state index in [0.29, 0.717) is 12.2 Å². The molecule has 1 atom stereocenters. The van der Waals surface area contributed by atoms with Crippen LogP contribution >= 0.6 is 0 Å². The van der Waals surface area contributed by atoms with Gasteiger partial charge in [-0.1, -0.05) is 30.3 Å². The number of rotatable bonds is 4. The molecule has 100 valence electrons. The van der Waals surface area contributed by atoms with E-state index in [1.807, 2.05) is 44.2 Å². The summed E-state index contributed by atoms with van der Waals surface area (Å²) in [5, 5.41) is 9.60. The monoisotopic (exact) mass is 258 g/mol. The molecule has 2 aromatic rings. The summed E-state index contributed by atoms with van der Waals surface area (Å²) in [6, 6.07) is 9.13. The van der Waals surface area contributed by atoms with Crippen molar-refractivity contribution in [2.45, 2.75) is 26.3 Å². The Kier molecular flexibility index (Phi) is 3.97. The number of H-pyrrole nitrogens is 1. The summed E-state index contributed by atoms with van der Waals surface area (Å²) in [7, 11) is 0. The van der Waals surface area contributed by atoms with Crippen molar-refractivity contribution in [3.8, 4) is 0 Å². The largest absolute Gasteiger partial charge is 0.320 e. The molecule has 0 aliphatic heterocycles. The van der Waals surface area contributed by atoms with Gasteiger partial charge in [0.15, 0.2) is 5.82 Å². The topological polar surface area (TPSA) is 83.8 Å². The fourth-order valence-corrected chi connectivity index (χ4v) is 1.78. The van der Waals surface area contributed by atoms with Crippen molar-refractivity contribution in [1.82, 2.24) is 10.2 Å². The Morgan fingerprint density at radius 3 is 2.63 bits per heavy atom. The van der Waals surface area contributed by atoms with Crippen LogP contribution in [0.5, 0.6) is 0 Å². The zero-order valence-electron chi connectivity index (χ0n) is 11.1. The van der Waals surface area contributed by atoms with Gasteiger partial charge in [-0.25, -0.2) is 0 Å². The maximum Gasteiger partial charge on any atom is 0.242 e. The predicted molar refractivity (Wildman–Crippen MR) is 74.8 cm³/mol. The van der Waals surface area contributed by atoms with Crippen LogP contribution in [0.15, 0.2) is 30.3 Å². The van der Waals surface area contributed by atoms with Crippen LogP contribution in [-0.4, -0.2) is 22.1 Å². The van der Waals surface area contributed by atoms with Crippen LogP contribution in [0.1, 0.15) is 16.8 Å². The van der Waals surface area contributed by atoms with Crippen LogP contribution in [0.3, 0.4) is 0 Å². The molecule has 2 rings (SSSR count). The standard InChI is InChI=1S/C14H18N4O/c1-9-10(2)17-18-13(9)16-14(19)12(15)8-11-6-4-3-5-7-11/h3-7,12H,8,15H2,1-2H3,(H2,16,17,18,19)/t12-/m1/s1. The first-order valence-corrected chi connectivity index (χ1v) is 6.20. The molecule has 5 heteroatoms. The van der Waals surface area contributed by atoms with Gasteiger partial charge < -0.3 is 11.1 Å². The molecule has 0 fully saturated rings. The number of hydrogen-bond acceptors (Lipinski definition) is 3. The van der Waals surface area contributed by atoms with Gasteiger partial charge in [0.05, 0.1) is 6.04 Å². The van der Waals surface area contributed by atoms with Gasteiger partial charge in [0, 0.05) is 11.3 Å². The Bertz CT molecular complexity index is 562. The first kappa shape index (κ1) is 13.3. The molecule has 1 heterocycles. The predicted octanol–water partition coefficient (Wildman–Crippen LogP) is 1.54. The van der Waals surface area contributed by atoms with Gasteiger partial charge in [0.2, 0.25) is 5.91 Å². The second-order valence-electron chi connectivity index (χ2n) is 4.61. The number of aromatic amines is 1. The van der Waals surface area contributed by atoms with Gasteiger partial charge >= 0.3 is 0 Å². The number of benzene rings is 1. The van der Waals surface area contributed by atoms with Gasteiger partial charge in [-0.05, 0) is 25.8 Å². The highest BCUT2D eigenvalue weighted by atomic mass is 16.2. The molecule has 1 amide bonds. The highest BCUT2D eigenvalue weighted by Gasteiger charge is 2.16. The van der Waals surface area contributed by atoms with E-state index in [1.54, 1.807) is 0 Å². The van der Waals surface area contributed by atoms with Gasteiger partial charge in [0.1, 0.15) is 0 Å². The molecule has 0 saturated carbocycles. The van der Waals surface area contributed by atoms with Crippen molar-refractivity contribution in [2.75, 3.05) is 5.32 Å². The van der Waals surface area contributed by atoms with Gasteiger partial charge in [-0.15, -0.1) is 0 Å². The third kappa shape index (κ3) is 3.20. The Morgan fingerprint density at radius 2 is 2.05 bits per heavy atom. The molecular weight excluding hydrogens is 240 g/mol. The number of carbonyl (C=O) groups is 1. The third-order valence-electron chi connectivity index (χ3n) is 3.13. The van der Waals surface area contributed by atoms with E-state index in [2.05, 4.69) is 15.5 Å². The van der Waals surface area contributed by atoms with E-state index in [0.717, 1.165) is 16.8 Å². The molecule has 1 aromatic heterocycles. The fourth-order valence-electron chi connectivity index (χ4n) is 1.78. The Balaban J connectivity index is 1.98. The van der Waals surface area contributed by atoms with Crippen LogP contribution in [0.25, 0.3) is 0 Å². The molecule has 0 saturated heterocycles. The average molecular weight is 258 g/mol. The minimum atomic E-state index is -0.584. The molecule has 0 radical (unpaired) electrons. The number of nitrogens with zero attached hydrogens (tertiary/aromatic N) is 1. The maximum absolute atomic E-state index is 12.0. The van der Waals surface area contributed by atoms with Crippen LogP contribution in [0.4, 0.5) is 5.82 Å². The number of anilines is 1. The number of hydrogen-bond donors (Lipinski definition) is 3. The van der Waals surface area contributed by atoms with Crippen molar-refractivity contribution in [1.29, 1.82) is 0 Å². The molecule has 0 spiro atoms. The van der Waals surface area contributed by atoms with Gasteiger partial charge in [0.25, 0.3) is 0 Å². The molecule has 0 unspecified atom stereocenters. The van der Waals surface area contributed by atoms with Crippen LogP contribution in [0.2, 0.25) is 0 Å². The molecule has 4 N–H and O–H groups in total. The summed E-state index contributed by atoms with van der Waals surface area (Å²) in [5.74, 6) is 0.324. The lowest BCUT2D eigenvalue weighted by atomic mass is 10.1. The number of nitrogens with two attached hydrogens (primary N) is 1. The molecule has 0 aliphatic carbocycles. The van der Waals surface area contributed by atoms with Crippen molar-refractivity contribution < 1.29 is 4.79 Å². The minimum absolute atomic E-state index is 0.224. The van der Waals surface area contributed by atoms with Crippen molar-refractivity contribution in [3.63, 3.8) is 0 Å². The summed E-state index contributed by atoms with van der Waals surface area (Å²) in [6.07, 6.45) is 0.509. The minimum Gasteiger partial charge on any atom is -0.320 e. The maximum atomic E-state index is 12.0. The second kappa shape index (κ2) is 5.67. The normalized spacial score (nSPS) is 12.2. The zero-order valence-corrected chi connectivity index (χ0v) is 11.1. The lowest BCUT2D eigenvalue weighted by molar-refractivity contribution is -0.117. The summed E-state index contributed by atoms with van der Waals surface area (Å²) >= 11 is 0. The Hall–Kier alpha value is -2.14. The number of amides is 1. The van der Waals surface area contributed by atoms with E-state index in [-0.39, 0.29) is 5.91 Å². The number of aromatic nitrogens is 2. The molecule has 5 nitrogen and oxygen atoms in total.